The third-order valence-electron chi connectivity index (χ3n) is 5.82. The number of alkyl halides is 3. The molecule has 1 atom stereocenters. The van der Waals surface area contributed by atoms with Crippen molar-refractivity contribution in [3.05, 3.63) is 83.7 Å². The topological polar surface area (TPSA) is 53.4 Å². The molecule has 1 aromatic heterocycles. The Morgan fingerprint density at radius 3 is 2.27 bits per heavy atom. The lowest BCUT2D eigenvalue weighted by atomic mass is 10.0. The highest BCUT2D eigenvalue weighted by atomic mass is 19.4. The summed E-state index contributed by atoms with van der Waals surface area (Å²) < 4.78 is 39.5. The van der Waals surface area contributed by atoms with Crippen molar-refractivity contribution in [2.24, 2.45) is 0 Å². The van der Waals surface area contributed by atoms with Crippen LogP contribution in [0.1, 0.15) is 27.7 Å². The van der Waals surface area contributed by atoms with Crippen molar-refractivity contribution in [3.8, 4) is 5.69 Å². The fourth-order valence-corrected chi connectivity index (χ4v) is 3.83. The normalized spacial score (nSPS) is 16.5. The van der Waals surface area contributed by atoms with Gasteiger partial charge in [-0.1, -0.05) is 30.3 Å². The van der Waals surface area contributed by atoms with E-state index in [9.17, 15) is 18.0 Å². The van der Waals surface area contributed by atoms with E-state index in [4.69, 9.17) is 0 Å². The molecule has 3 aromatic rings. The van der Waals surface area contributed by atoms with Crippen molar-refractivity contribution in [1.29, 1.82) is 0 Å². The number of amides is 1. The molecule has 33 heavy (non-hydrogen) atoms. The molecule has 4 rings (SSSR count). The number of hydrogen-bond donors (Lipinski definition) is 1. The molecule has 6 nitrogen and oxygen atoms in total. The van der Waals surface area contributed by atoms with Gasteiger partial charge in [0.2, 0.25) is 0 Å². The van der Waals surface area contributed by atoms with Gasteiger partial charge in [0, 0.05) is 44.5 Å². The zero-order chi connectivity index (χ0) is 23.4. The number of halogens is 3. The highest BCUT2D eigenvalue weighted by Gasteiger charge is 2.33. The van der Waals surface area contributed by atoms with Gasteiger partial charge < -0.3 is 10.2 Å². The van der Waals surface area contributed by atoms with E-state index in [0.717, 1.165) is 42.5 Å². The number of carbonyl (C=O) groups is 1. The van der Waals surface area contributed by atoms with Crippen molar-refractivity contribution in [1.82, 2.24) is 24.9 Å². The summed E-state index contributed by atoms with van der Waals surface area (Å²) >= 11 is 0. The van der Waals surface area contributed by atoms with Crippen LogP contribution in [0.25, 0.3) is 5.69 Å². The molecule has 1 amide bonds. The average molecular weight is 458 g/mol. The Bertz CT molecular complexity index is 1060. The van der Waals surface area contributed by atoms with E-state index < -0.39 is 11.9 Å². The van der Waals surface area contributed by atoms with Gasteiger partial charge in [0.05, 0.1) is 11.7 Å². The van der Waals surface area contributed by atoms with E-state index in [-0.39, 0.29) is 11.9 Å². The van der Waals surface area contributed by atoms with Crippen molar-refractivity contribution >= 4 is 5.91 Å². The van der Waals surface area contributed by atoms with Crippen molar-refractivity contribution < 1.29 is 18.0 Å². The number of carbonyl (C=O) groups excluding carboxylic acids is 1. The van der Waals surface area contributed by atoms with Gasteiger partial charge in [-0.15, -0.1) is 0 Å². The minimum absolute atomic E-state index is 0.178. The first kappa shape index (κ1) is 23.0. The van der Waals surface area contributed by atoms with Crippen LogP contribution in [0.3, 0.4) is 0 Å². The highest BCUT2D eigenvalue weighted by molar-refractivity contribution is 5.94. The van der Waals surface area contributed by atoms with E-state index in [1.165, 1.54) is 6.20 Å². The number of nitrogens with one attached hydrogen (secondary N) is 1. The second-order valence-corrected chi connectivity index (χ2v) is 8.23. The van der Waals surface area contributed by atoms with Gasteiger partial charge in [0.25, 0.3) is 5.91 Å². The smallest absolute Gasteiger partial charge is 0.344 e. The summed E-state index contributed by atoms with van der Waals surface area (Å²) in [6.45, 7) is 4.55. The maximum atomic E-state index is 13.0. The highest BCUT2D eigenvalue weighted by Crippen LogP contribution is 2.28. The zero-order valence-electron chi connectivity index (χ0n) is 18.3. The number of likely N-dealkylation sites (N-methyl/N-ethyl adjacent to an activating group) is 1. The lowest BCUT2D eigenvalue weighted by molar-refractivity contribution is -0.141. The first-order chi connectivity index (χ1) is 15.8. The molecule has 0 bridgehead atoms. The lowest BCUT2D eigenvalue weighted by Gasteiger charge is -2.35. The summed E-state index contributed by atoms with van der Waals surface area (Å²) in [4.78, 5) is 17.6. The molecule has 0 spiro atoms. The SMILES string of the molecule is CN1CCN(CC(NC(=O)c2ccc(-n3ccc(C(F)(F)F)n3)cc2)c2ccccc2)CC1. The van der Waals surface area contributed by atoms with Crippen molar-refractivity contribution in [3.63, 3.8) is 0 Å². The molecule has 1 saturated heterocycles. The molecule has 0 radical (unpaired) electrons. The monoisotopic (exact) mass is 457 g/mol. The Labute approximate surface area is 190 Å². The molecule has 2 aromatic carbocycles. The molecule has 1 aliphatic heterocycles. The van der Waals surface area contributed by atoms with Crippen LogP contribution in [-0.4, -0.2) is 65.3 Å². The predicted molar refractivity (Wildman–Crippen MR) is 119 cm³/mol. The minimum atomic E-state index is -4.50. The molecule has 1 aliphatic rings. The van der Waals surface area contributed by atoms with Crippen LogP contribution in [0.4, 0.5) is 13.2 Å². The molecule has 0 saturated carbocycles. The third-order valence-corrected chi connectivity index (χ3v) is 5.82. The number of nitrogens with zero attached hydrogens (tertiary/aromatic N) is 4. The van der Waals surface area contributed by atoms with E-state index >= 15 is 0 Å². The number of aromatic nitrogens is 2. The van der Waals surface area contributed by atoms with Crippen LogP contribution >= 0.6 is 0 Å². The minimum Gasteiger partial charge on any atom is -0.344 e. The Morgan fingerprint density at radius 2 is 1.67 bits per heavy atom. The van der Waals surface area contributed by atoms with Crippen LogP contribution in [0, 0.1) is 0 Å². The van der Waals surface area contributed by atoms with Crippen LogP contribution in [-0.2, 0) is 6.18 Å². The molecule has 174 valence electrons. The van der Waals surface area contributed by atoms with Gasteiger partial charge in [-0.25, -0.2) is 4.68 Å². The molecule has 1 N–H and O–H groups in total. The Balaban J connectivity index is 1.46. The maximum Gasteiger partial charge on any atom is 0.435 e. The van der Waals surface area contributed by atoms with Gasteiger partial charge >= 0.3 is 6.18 Å². The molecule has 0 aliphatic carbocycles. The standard InChI is InChI=1S/C24H26F3N5O/c1-30-13-15-31(16-14-30)17-21(18-5-3-2-4-6-18)28-23(33)19-7-9-20(10-8-19)32-12-11-22(29-32)24(25,26)27/h2-12,21H,13-17H2,1H3,(H,28,33). The van der Waals surface area contributed by atoms with Gasteiger partial charge in [-0.3, -0.25) is 9.69 Å². The molecule has 9 heteroatoms. The Kier molecular flexibility index (Phi) is 6.80. The van der Waals surface area contributed by atoms with E-state index in [2.05, 4.69) is 27.3 Å². The van der Waals surface area contributed by atoms with Crippen LogP contribution < -0.4 is 5.32 Å². The largest absolute Gasteiger partial charge is 0.435 e. The summed E-state index contributed by atoms with van der Waals surface area (Å²) in [7, 11) is 2.10. The Morgan fingerprint density at radius 1 is 1.00 bits per heavy atom. The maximum absolute atomic E-state index is 13.0. The fraction of sp³-hybridized carbons (Fsp3) is 0.333. The van der Waals surface area contributed by atoms with Crippen LogP contribution in [0.15, 0.2) is 66.9 Å². The van der Waals surface area contributed by atoms with Crippen LogP contribution in [0.2, 0.25) is 0 Å². The fourth-order valence-electron chi connectivity index (χ4n) is 3.83. The molecular formula is C24H26F3N5O. The van der Waals surface area contributed by atoms with Crippen LogP contribution in [0.5, 0.6) is 0 Å². The van der Waals surface area contributed by atoms with Crippen molar-refractivity contribution in [2.75, 3.05) is 39.8 Å². The summed E-state index contributed by atoms with van der Waals surface area (Å²) in [5.74, 6) is -0.235. The summed E-state index contributed by atoms with van der Waals surface area (Å²) in [6, 6.07) is 16.9. The first-order valence-electron chi connectivity index (χ1n) is 10.8. The number of hydrogen-bond acceptors (Lipinski definition) is 4. The average Bonchev–Trinajstić information content (AvgIpc) is 3.32. The second-order valence-electron chi connectivity index (χ2n) is 8.23. The zero-order valence-corrected chi connectivity index (χ0v) is 18.3. The molecular weight excluding hydrogens is 431 g/mol. The third kappa shape index (κ3) is 5.80. The number of rotatable bonds is 6. The summed E-state index contributed by atoms with van der Waals surface area (Å²) in [6.07, 6.45) is -3.25. The Hall–Kier alpha value is -3.17. The van der Waals surface area contributed by atoms with Gasteiger partial charge in [-0.05, 0) is 42.9 Å². The van der Waals surface area contributed by atoms with Gasteiger partial charge in [0.1, 0.15) is 0 Å². The lowest BCUT2D eigenvalue weighted by Crippen LogP contribution is -2.47. The van der Waals surface area contributed by atoms with Gasteiger partial charge in [0.15, 0.2) is 5.69 Å². The molecule has 1 fully saturated rings. The predicted octanol–water partition coefficient (Wildman–Crippen LogP) is 3.61. The summed E-state index contributed by atoms with van der Waals surface area (Å²) in [5, 5.41) is 6.69. The summed E-state index contributed by atoms with van der Waals surface area (Å²) in [5.41, 5.74) is 0.942. The molecule has 1 unspecified atom stereocenters. The van der Waals surface area contributed by atoms with E-state index in [0.29, 0.717) is 17.8 Å². The second kappa shape index (κ2) is 9.76. The number of piperazine rings is 1. The molecule has 2 heterocycles. The quantitative estimate of drug-likeness (QED) is 0.615. The number of benzene rings is 2. The van der Waals surface area contributed by atoms with E-state index in [1.54, 1.807) is 24.3 Å². The van der Waals surface area contributed by atoms with Crippen molar-refractivity contribution in [2.45, 2.75) is 12.2 Å². The first-order valence-corrected chi connectivity index (χ1v) is 10.8. The van der Waals surface area contributed by atoms with Gasteiger partial charge in [-0.2, -0.15) is 18.3 Å². The van der Waals surface area contributed by atoms with E-state index in [1.807, 2.05) is 30.3 Å².